The van der Waals surface area contributed by atoms with Gasteiger partial charge in [0.05, 0.1) is 13.2 Å². The second-order valence-corrected chi connectivity index (χ2v) is 5.34. The highest BCUT2D eigenvalue weighted by atomic mass is 16.5. The highest BCUT2D eigenvalue weighted by Gasteiger charge is 2.04. The van der Waals surface area contributed by atoms with Crippen molar-refractivity contribution >= 4 is 5.96 Å². The van der Waals surface area contributed by atoms with Crippen LogP contribution < -0.4 is 15.8 Å². The molecule has 24 heavy (non-hydrogen) atoms. The van der Waals surface area contributed by atoms with E-state index in [1.54, 1.807) is 0 Å². The molecule has 0 saturated carbocycles. The van der Waals surface area contributed by atoms with Crippen LogP contribution in [0.5, 0.6) is 5.75 Å². The smallest absolute Gasteiger partial charge is 0.188 e. The van der Waals surface area contributed by atoms with Crippen molar-refractivity contribution in [3.8, 4) is 5.75 Å². The van der Waals surface area contributed by atoms with E-state index in [0.29, 0.717) is 32.3 Å². The Morgan fingerprint density at radius 3 is 2.62 bits per heavy atom. The summed E-state index contributed by atoms with van der Waals surface area (Å²) >= 11 is 0. The van der Waals surface area contributed by atoms with Gasteiger partial charge in [0.15, 0.2) is 5.96 Å². The average Bonchev–Trinajstić information content (AvgIpc) is 2.58. The second-order valence-electron chi connectivity index (χ2n) is 5.34. The fraction of sp³-hybridized carbons (Fsp3) is 0.611. The Hall–Kier alpha value is -1.79. The van der Waals surface area contributed by atoms with Crippen molar-refractivity contribution in [3.63, 3.8) is 0 Å². The van der Waals surface area contributed by atoms with Gasteiger partial charge in [-0.1, -0.05) is 12.1 Å². The molecule has 3 N–H and O–H groups in total. The van der Waals surface area contributed by atoms with Crippen LogP contribution in [-0.2, 0) is 16.0 Å². The SMILES string of the molecule is CCOCCCNC(N)=NCc1ccc(C)cc1OCCOCC. The van der Waals surface area contributed by atoms with Gasteiger partial charge in [-0.15, -0.1) is 0 Å². The van der Waals surface area contributed by atoms with Gasteiger partial charge in [-0.05, 0) is 38.8 Å². The molecule has 0 aliphatic heterocycles. The third kappa shape index (κ3) is 8.74. The molecule has 0 spiro atoms. The molecule has 0 aromatic heterocycles. The molecule has 0 fully saturated rings. The molecular formula is C18H31N3O3. The molecule has 136 valence electrons. The lowest BCUT2D eigenvalue weighted by molar-refractivity contribution is 0.110. The van der Waals surface area contributed by atoms with Gasteiger partial charge >= 0.3 is 0 Å². The first-order valence-electron chi connectivity index (χ1n) is 8.59. The zero-order chi connectivity index (χ0) is 17.6. The number of guanidine groups is 1. The van der Waals surface area contributed by atoms with Gasteiger partial charge in [-0.3, -0.25) is 0 Å². The number of hydrogen-bond acceptors (Lipinski definition) is 4. The molecule has 1 aromatic rings. The number of nitrogens with zero attached hydrogens (tertiary/aromatic N) is 1. The molecule has 0 bridgehead atoms. The van der Waals surface area contributed by atoms with Gasteiger partial charge < -0.3 is 25.3 Å². The van der Waals surface area contributed by atoms with Crippen LogP contribution in [0.2, 0.25) is 0 Å². The molecule has 0 unspecified atom stereocenters. The number of rotatable bonds is 12. The van der Waals surface area contributed by atoms with E-state index in [0.717, 1.165) is 43.1 Å². The minimum absolute atomic E-state index is 0.437. The Morgan fingerprint density at radius 2 is 1.88 bits per heavy atom. The summed E-state index contributed by atoms with van der Waals surface area (Å²) in [4.78, 5) is 4.38. The van der Waals surface area contributed by atoms with Crippen LogP contribution in [-0.4, -0.2) is 45.5 Å². The van der Waals surface area contributed by atoms with E-state index in [2.05, 4.69) is 10.3 Å². The van der Waals surface area contributed by atoms with E-state index in [4.69, 9.17) is 19.9 Å². The number of benzene rings is 1. The first kappa shape index (κ1) is 20.3. The molecule has 1 rings (SSSR count). The van der Waals surface area contributed by atoms with Crippen LogP contribution in [0.25, 0.3) is 0 Å². The minimum atomic E-state index is 0.437. The number of nitrogens with two attached hydrogens (primary N) is 1. The molecule has 6 heteroatoms. The van der Waals surface area contributed by atoms with E-state index < -0.39 is 0 Å². The van der Waals surface area contributed by atoms with Crippen molar-refractivity contribution in [1.82, 2.24) is 5.32 Å². The Kier molecular flexibility index (Phi) is 10.6. The largest absolute Gasteiger partial charge is 0.491 e. The van der Waals surface area contributed by atoms with Crippen molar-refractivity contribution < 1.29 is 14.2 Å². The standard InChI is InChI=1S/C18H31N3O3/c1-4-22-10-6-9-20-18(19)21-14-16-8-7-15(3)13-17(16)24-12-11-23-5-2/h7-8,13H,4-6,9-12,14H2,1-3H3,(H3,19,20,21). The lowest BCUT2D eigenvalue weighted by Crippen LogP contribution is -2.32. The fourth-order valence-electron chi connectivity index (χ4n) is 2.04. The molecule has 6 nitrogen and oxygen atoms in total. The van der Waals surface area contributed by atoms with Crippen molar-refractivity contribution in [2.75, 3.05) is 39.6 Å². The van der Waals surface area contributed by atoms with E-state index in [-0.39, 0.29) is 0 Å². The number of hydrogen-bond donors (Lipinski definition) is 2. The molecule has 0 radical (unpaired) electrons. The summed E-state index contributed by atoms with van der Waals surface area (Å²) < 4.78 is 16.4. The van der Waals surface area contributed by atoms with Gasteiger partial charge in [-0.25, -0.2) is 4.99 Å². The molecular weight excluding hydrogens is 306 g/mol. The minimum Gasteiger partial charge on any atom is -0.491 e. The first-order valence-corrected chi connectivity index (χ1v) is 8.59. The van der Waals surface area contributed by atoms with Crippen molar-refractivity contribution in [2.24, 2.45) is 10.7 Å². The summed E-state index contributed by atoms with van der Waals surface area (Å²) in [6, 6.07) is 6.09. The molecule has 0 aliphatic carbocycles. The van der Waals surface area contributed by atoms with E-state index in [1.807, 2.05) is 39.0 Å². The van der Waals surface area contributed by atoms with Crippen LogP contribution in [0, 0.1) is 6.92 Å². The van der Waals surface area contributed by atoms with E-state index in [1.165, 1.54) is 0 Å². The van der Waals surface area contributed by atoms with Crippen molar-refractivity contribution in [1.29, 1.82) is 0 Å². The van der Waals surface area contributed by atoms with Gasteiger partial charge in [0.1, 0.15) is 12.4 Å². The summed E-state index contributed by atoms with van der Waals surface area (Å²) in [5.74, 6) is 1.27. The highest BCUT2D eigenvalue weighted by molar-refractivity contribution is 5.77. The van der Waals surface area contributed by atoms with E-state index >= 15 is 0 Å². The summed E-state index contributed by atoms with van der Waals surface area (Å²) in [6.07, 6.45) is 0.903. The van der Waals surface area contributed by atoms with Crippen LogP contribution >= 0.6 is 0 Å². The van der Waals surface area contributed by atoms with E-state index in [9.17, 15) is 0 Å². The topological polar surface area (TPSA) is 78.1 Å². The fourth-order valence-corrected chi connectivity index (χ4v) is 2.04. The summed E-state index contributed by atoms with van der Waals surface area (Å²) in [7, 11) is 0. The first-order chi connectivity index (χ1) is 11.7. The van der Waals surface area contributed by atoms with Crippen LogP contribution in [0.4, 0.5) is 0 Å². The molecule has 0 aliphatic rings. The zero-order valence-electron chi connectivity index (χ0n) is 15.1. The van der Waals surface area contributed by atoms with Gasteiger partial charge in [0.2, 0.25) is 0 Å². The average molecular weight is 337 g/mol. The van der Waals surface area contributed by atoms with Crippen LogP contribution in [0.1, 0.15) is 31.4 Å². The zero-order valence-corrected chi connectivity index (χ0v) is 15.1. The molecule has 1 aromatic carbocycles. The highest BCUT2D eigenvalue weighted by Crippen LogP contribution is 2.21. The number of nitrogens with one attached hydrogen (secondary N) is 1. The van der Waals surface area contributed by atoms with Gasteiger partial charge in [-0.2, -0.15) is 0 Å². The maximum atomic E-state index is 5.89. The van der Waals surface area contributed by atoms with Crippen molar-refractivity contribution in [2.45, 2.75) is 33.7 Å². The molecule has 0 heterocycles. The Balaban J connectivity index is 2.48. The van der Waals surface area contributed by atoms with Gasteiger partial charge in [0.25, 0.3) is 0 Å². The maximum Gasteiger partial charge on any atom is 0.188 e. The quantitative estimate of drug-likeness (QED) is 0.347. The molecule has 0 amide bonds. The lowest BCUT2D eigenvalue weighted by Gasteiger charge is -2.12. The van der Waals surface area contributed by atoms with Gasteiger partial charge in [0, 0.05) is 31.9 Å². The monoisotopic (exact) mass is 337 g/mol. The normalized spacial score (nSPS) is 11.5. The second kappa shape index (κ2) is 12.6. The lowest BCUT2D eigenvalue weighted by atomic mass is 10.1. The third-order valence-corrected chi connectivity index (χ3v) is 3.31. The predicted octanol–water partition coefficient (Wildman–Crippen LogP) is 2.24. The van der Waals surface area contributed by atoms with Crippen molar-refractivity contribution in [3.05, 3.63) is 29.3 Å². The summed E-state index contributed by atoms with van der Waals surface area (Å²) in [5, 5.41) is 3.09. The Bertz CT molecular complexity index is 492. The summed E-state index contributed by atoms with van der Waals surface area (Å²) in [6.45, 7) is 10.5. The molecule has 0 atom stereocenters. The van der Waals surface area contributed by atoms with Crippen LogP contribution in [0.3, 0.4) is 0 Å². The molecule has 0 saturated heterocycles. The number of aryl methyl sites for hydroxylation is 1. The van der Waals surface area contributed by atoms with Crippen LogP contribution in [0.15, 0.2) is 23.2 Å². The third-order valence-electron chi connectivity index (χ3n) is 3.31. The Morgan fingerprint density at radius 1 is 1.12 bits per heavy atom. The maximum absolute atomic E-state index is 5.89. The summed E-state index contributed by atoms with van der Waals surface area (Å²) in [5.41, 5.74) is 8.05. The number of ether oxygens (including phenoxy) is 3. The Labute approximate surface area is 145 Å². The predicted molar refractivity (Wildman–Crippen MR) is 97.6 cm³/mol. The number of aliphatic imine (C=N–C) groups is 1.